The van der Waals surface area contributed by atoms with Gasteiger partial charge in [-0.15, -0.1) is 0 Å². The van der Waals surface area contributed by atoms with Gasteiger partial charge in [-0.05, 0) is 38.0 Å². The Labute approximate surface area is 132 Å². The summed E-state index contributed by atoms with van der Waals surface area (Å²) in [7, 11) is 0. The zero-order valence-corrected chi connectivity index (χ0v) is 14.0. The zero-order chi connectivity index (χ0) is 15.5. The van der Waals surface area contributed by atoms with E-state index in [0.29, 0.717) is 12.0 Å². The molecule has 3 rings (SSSR count). The van der Waals surface area contributed by atoms with Gasteiger partial charge in [-0.25, -0.2) is 4.98 Å². The summed E-state index contributed by atoms with van der Waals surface area (Å²) in [4.78, 5) is 11.5. The molecule has 0 aliphatic carbocycles. The molecule has 0 spiro atoms. The normalized spacial score (nSPS) is 19.3. The largest absolute Gasteiger partial charge is 0.353 e. The maximum absolute atomic E-state index is 4.63. The third-order valence-electron chi connectivity index (χ3n) is 4.46. The maximum atomic E-state index is 4.63. The summed E-state index contributed by atoms with van der Waals surface area (Å²) in [5, 5.41) is 4.41. The van der Waals surface area contributed by atoms with E-state index in [1.165, 1.54) is 31.5 Å². The Kier molecular flexibility index (Phi) is 4.60. The minimum Gasteiger partial charge on any atom is -0.353 e. The number of hydrogen-bond donors (Lipinski definition) is 0. The molecule has 1 saturated heterocycles. The van der Waals surface area contributed by atoms with Crippen molar-refractivity contribution in [2.24, 2.45) is 5.92 Å². The number of aromatic nitrogens is 4. The van der Waals surface area contributed by atoms with Gasteiger partial charge < -0.3 is 4.90 Å². The minimum atomic E-state index is 0.609. The van der Waals surface area contributed by atoms with Crippen LogP contribution in [0.1, 0.15) is 58.6 Å². The lowest BCUT2D eigenvalue weighted by Crippen LogP contribution is -2.41. The van der Waals surface area contributed by atoms with Crippen LogP contribution >= 0.6 is 0 Å². The average Bonchev–Trinajstić information content (AvgIpc) is 2.95. The molecule has 1 atom stereocenters. The van der Waals surface area contributed by atoms with Crippen LogP contribution in [0.25, 0.3) is 5.78 Å². The van der Waals surface area contributed by atoms with E-state index in [0.717, 1.165) is 30.9 Å². The lowest BCUT2D eigenvalue weighted by Gasteiger charge is -2.38. The van der Waals surface area contributed by atoms with E-state index in [9.17, 15) is 0 Å². The SMILES string of the molecule is CCCc1cc(N2CCCCC2CC(C)C)n2ncnc2n1. The summed E-state index contributed by atoms with van der Waals surface area (Å²) in [5.41, 5.74) is 1.13. The first-order valence-electron chi connectivity index (χ1n) is 8.65. The lowest BCUT2D eigenvalue weighted by atomic mass is 9.94. The van der Waals surface area contributed by atoms with Crippen molar-refractivity contribution in [3.63, 3.8) is 0 Å². The molecule has 22 heavy (non-hydrogen) atoms. The van der Waals surface area contributed by atoms with Crippen LogP contribution in [0.5, 0.6) is 0 Å². The number of piperidine rings is 1. The Morgan fingerprint density at radius 2 is 2.18 bits per heavy atom. The smallest absolute Gasteiger partial charge is 0.254 e. The number of aryl methyl sites for hydroxylation is 1. The van der Waals surface area contributed by atoms with Crippen molar-refractivity contribution in [3.05, 3.63) is 18.1 Å². The Morgan fingerprint density at radius 1 is 1.32 bits per heavy atom. The molecule has 2 aromatic heterocycles. The second-order valence-corrected chi connectivity index (χ2v) is 6.80. The van der Waals surface area contributed by atoms with Crippen LogP contribution < -0.4 is 4.90 Å². The number of nitrogens with zero attached hydrogens (tertiary/aromatic N) is 5. The monoisotopic (exact) mass is 301 g/mol. The van der Waals surface area contributed by atoms with Crippen molar-refractivity contribution in [1.29, 1.82) is 0 Å². The highest BCUT2D eigenvalue weighted by molar-refractivity contribution is 5.48. The van der Waals surface area contributed by atoms with Crippen molar-refractivity contribution < 1.29 is 0 Å². The molecule has 1 fully saturated rings. The topological polar surface area (TPSA) is 46.3 Å². The van der Waals surface area contributed by atoms with Gasteiger partial charge in [0, 0.05) is 24.3 Å². The standard InChI is InChI=1S/C17H27N5/c1-4-7-14-11-16(22-17(20-14)18-12-19-22)21-9-6-5-8-15(21)10-13(2)3/h11-13,15H,4-10H2,1-3H3. The van der Waals surface area contributed by atoms with Gasteiger partial charge in [-0.2, -0.15) is 14.6 Å². The van der Waals surface area contributed by atoms with Crippen molar-refractivity contribution in [3.8, 4) is 0 Å². The van der Waals surface area contributed by atoms with E-state index in [1.807, 2.05) is 4.52 Å². The van der Waals surface area contributed by atoms with Gasteiger partial charge in [0.2, 0.25) is 0 Å². The molecule has 0 N–H and O–H groups in total. The van der Waals surface area contributed by atoms with Gasteiger partial charge in [0.25, 0.3) is 5.78 Å². The summed E-state index contributed by atoms with van der Waals surface area (Å²) in [6.07, 6.45) is 8.83. The molecule has 1 unspecified atom stereocenters. The van der Waals surface area contributed by atoms with E-state index in [4.69, 9.17) is 0 Å². The number of hydrogen-bond acceptors (Lipinski definition) is 4. The quantitative estimate of drug-likeness (QED) is 0.848. The molecule has 120 valence electrons. The van der Waals surface area contributed by atoms with Crippen LogP contribution in [-0.2, 0) is 6.42 Å². The Morgan fingerprint density at radius 3 is 2.95 bits per heavy atom. The fourth-order valence-corrected chi connectivity index (χ4v) is 3.52. The summed E-state index contributed by atoms with van der Waals surface area (Å²) in [5.74, 6) is 2.62. The summed E-state index contributed by atoms with van der Waals surface area (Å²) >= 11 is 0. The van der Waals surface area contributed by atoms with Crippen LogP contribution in [-0.4, -0.2) is 32.2 Å². The minimum absolute atomic E-state index is 0.609. The van der Waals surface area contributed by atoms with E-state index in [1.54, 1.807) is 6.33 Å². The number of rotatable bonds is 5. The molecular weight excluding hydrogens is 274 g/mol. The fourth-order valence-electron chi connectivity index (χ4n) is 3.52. The number of anilines is 1. The van der Waals surface area contributed by atoms with Gasteiger partial charge in [0.05, 0.1) is 0 Å². The molecule has 0 amide bonds. The lowest BCUT2D eigenvalue weighted by molar-refractivity contribution is 0.389. The maximum Gasteiger partial charge on any atom is 0.254 e. The van der Waals surface area contributed by atoms with Crippen molar-refractivity contribution in [2.45, 2.75) is 65.3 Å². The van der Waals surface area contributed by atoms with Crippen LogP contribution in [0, 0.1) is 5.92 Å². The predicted octanol–water partition coefficient (Wildman–Crippen LogP) is 3.48. The van der Waals surface area contributed by atoms with Crippen LogP contribution in [0.2, 0.25) is 0 Å². The van der Waals surface area contributed by atoms with Crippen LogP contribution in [0.15, 0.2) is 12.4 Å². The van der Waals surface area contributed by atoms with E-state index in [2.05, 4.69) is 46.8 Å². The molecule has 0 aromatic carbocycles. The van der Waals surface area contributed by atoms with E-state index in [-0.39, 0.29) is 0 Å². The molecule has 0 bridgehead atoms. The number of fused-ring (bicyclic) bond motifs is 1. The highest BCUT2D eigenvalue weighted by atomic mass is 15.4. The molecule has 5 nitrogen and oxygen atoms in total. The second-order valence-electron chi connectivity index (χ2n) is 6.80. The van der Waals surface area contributed by atoms with E-state index < -0.39 is 0 Å². The molecule has 1 aliphatic heterocycles. The molecular formula is C17H27N5. The molecule has 2 aromatic rings. The van der Waals surface area contributed by atoms with Crippen molar-refractivity contribution in [1.82, 2.24) is 19.6 Å². The Bertz CT molecular complexity index is 619. The Balaban J connectivity index is 2.00. The molecule has 0 saturated carbocycles. The predicted molar refractivity (Wildman–Crippen MR) is 89.2 cm³/mol. The first-order valence-corrected chi connectivity index (χ1v) is 8.65. The van der Waals surface area contributed by atoms with Gasteiger partial charge in [-0.3, -0.25) is 0 Å². The molecule has 3 heterocycles. The third-order valence-corrected chi connectivity index (χ3v) is 4.46. The Hall–Kier alpha value is -1.65. The highest BCUT2D eigenvalue weighted by Crippen LogP contribution is 2.29. The zero-order valence-electron chi connectivity index (χ0n) is 14.0. The van der Waals surface area contributed by atoms with Crippen LogP contribution in [0.3, 0.4) is 0 Å². The molecule has 1 aliphatic rings. The fraction of sp³-hybridized carbons (Fsp3) is 0.706. The van der Waals surface area contributed by atoms with Crippen LogP contribution in [0.4, 0.5) is 5.82 Å². The molecule has 5 heteroatoms. The second kappa shape index (κ2) is 6.63. The van der Waals surface area contributed by atoms with Gasteiger partial charge in [-0.1, -0.05) is 27.2 Å². The third kappa shape index (κ3) is 3.08. The highest BCUT2D eigenvalue weighted by Gasteiger charge is 2.26. The van der Waals surface area contributed by atoms with E-state index >= 15 is 0 Å². The van der Waals surface area contributed by atoms with Gasteiger partial charge >= 0.3 is 0 Å². The molecule has 0 radical (unpaired) electrons. The van der Waals surface area contributed by atoms with Crippen molar-refractivity contribution >= 4 is 11.6 Å². The first-order chi connectivity index (χ1) is 10.7. The van der Waals surface area contributed by atoms with Crippen molar-refractivity contribution in [2.75, 3.05) is 11.4 Å². The van der Waals surface area contributed by atoms with Gasteiger partial charge in [0.15, 0.2) is 0 Å². The summed E-state index contributed by atoms with van der Waals surface area (Å²) in [6.45, 7) is 7.93. The van der Waals surface area contributed by atoms with Gasteiger partial charge in [0.1, 0.15) is 12.1 Å². The average molecular weight is 301 g/mol. The summed E-state index contributed by atoms with van der Waals surface area (Å²) in [6, 6.07) is 2.84. The first kappa shape index (κ1) is 15.3. The summed E-state index contributed by atoms with van der Waals surface area (Å²) < 4.78 is 1.91.